The summed E-state index contributed by atoms with van der Waals surface area (Å²) in [6, 6.07) is 17.0. The minimum absolute atomic E-state index is 0.269. The van der Waals surface area contributed by atoms with Crippen LogP contribution in [0.4, 0.5) is 24.5 Å². The highest BCUT2D eigenvalue weighted by Gasteiger charge is 2.34. The Labute approximate surface area is 194 Å². The second kappa shape index (κ2) is 9.01. The van der Waals surface area contributed by atoms with Crippen LogP contribution in [0, 0.1) is 11.8 Å². The zero-order chi connectivity index (χ0) is 23.0. The molecular weight excluding hydrogens is 445 g/mol. The number of alkyl halides is 3. The first kappa shape index (κ1) is 22.3. The number of fused-ring (bicyclic) bond motifs is 2. The van der Waals surface area contributed by atoms with Gasteiger partial charge in [-0.2, -0.15) is 13.2 Å². The van der Waals surface area contributed by atoms with E-state index in [1.54, 1.807) is 6.07 Å². The highest BCUT2D eigenvalue weighted by Crippen LogP contribution is 2.41. The number of anilines is 2. The SMILES string of the molecule is O=S(Nc1cc(C(F)(F)F)ccc1N1CCC2CCCCC2C1)c1ccc2ccccc2c1. The summed E-state index contributed by atoms with van der Waals surface area (Å²) in [4.78, 5) is 2.70. The van der Waals surface area contributed by atoms with Crippen LogP contribution in [0.25, 0.3) is 10.8 Å². The Morgan fingerprint density at radius 2 is 1.64 bits per heavy atom. The van der Waals surface area contributed by atoms with E-state index < -0.39 is 22.7 Å². The second-order valence-corrected chi connectivity index (χ2v) is 10.4. The molecule has 0 radical (unpaired) electrons. The fourth-order valence-electron chi connectivity index (χ4n) is 5.33. The van der Waals surface area contributed by atoms with Crippen LogP contribution in [-0.4, -0.2) is 17.3 Å². The maximum atomic E-state index is 13.5. The fraction of sp³-hybridized carbons (Fsp3) is 0.385. The molecule has 0 spiro atoms. The summed E-state index contributed by atoms with van der Waals surface area (Å²) in [5, 5.41) is 1.96. The van der Waals surface area contributed by atoms with Gasteiger partial charge < -0.3 is 4.90 Å². The maximum absolute atomic E-state index is 13.5. The van der Waals surface area contributed by atoms with E-state index in [1.807, 2.05) is 36.4 Å². The molecule has 1 aliphatic carbocycles. The molecule has 5 rings (SSSR count). The van der Waals surface area contributed by atoms with Crippen molar-refractivity contribution in [1.82, 2.24) is 0 Å². The van der Waals surface area contributed by atoms with Gasteiger partial charge >= 0.3 is 6.18 Å². The monoisotopic (exact) mass is 472 g/mol. The summed E-state index contributed by atoms with van der Waals surface area (Å²) < 4.78 is 56.5. The normalized spacial score (nSPS) is 22.1. The van der Waals surface area contributed by atoms with Gasteiger partial charge in [0.25, 0.3) is 0 Å². The highest BCUT2D eigenvalue weighted by atomic mass is 32.2. The molecule has 1 N–H and O–H groups in total. The average Bonchev–Trinajstić information content (AvgIpc) is 2.83. The summed E-state index contributed by atoms with van der Waals surface area (Å²) in [7, 11) is -1.69. The minimum atomic E-state index is -4.46. The van der Waals surface area contributed by atoms with Crippen molar-refractivity contribution in [2.24, 2.45) is 11.8 Å². The Bertz CT molecular complexity index is 1180. The molecule has 33 heavy (non-hydrogen) atoms. The van der Waals surface area contributed by atoms with Crippen LogP contribution in [0.5, 0.6) is 0 Å². The van der Waals surface area contributed by atoms with E-state index in [0.717, 1.165) is 42.4 Å². The molecule has 0 aromatic heterocycles. The van der Waals surface area contributed by atoms with Crippen molar-refractivity contribution >= 4 is 33.1 Å². The van der Waals surface area contributed by atoms with Crippen molar-refractivity contribution < 1.29 is 17.4 Å². The molecule has 1 saturated carbocycles. The Kier molecular flexibility index (Phi) is 6.08. The van der Waals surface area contributed by atoms with Gasteiger partial charge in [0.1, 0.15) is 11.0 Å². The van der Waals surface area contributed by atoms with Crippen molar-refractivity contribution in [3.63, 3.8) is 0 Å². The van der Waals surface area contributed by atoms with Gasteiger partial charge in [0.15, 0.2) is 0 Å². The molecule has 0 bridgehead atoms. The highest BCUT2D eigenvalue weighted by molar-refractivity contribution is 7.86. The number of rotatable bonds is 4. The number of halogens is 3. The quantitative estimate of drug-likeness (QED) is 0.443. The van der Waals surface area contributed by atoms with E-state index in [2.05, 4.69) is 9.62 Å². The van der Waals surface area contributed by atoms with E-state index in [0.29, 0.717) is 22.4 Å². The molecule has 3 atom stereocenters. The third-order valence-electron chi connectivity index (χ3n) is 7.09. The van der Waals surface area contributed by atoms with Gasteiger partial charge in [-0.05, 0) is 65.8 Å². The standard InChI is InChI=1S/C26H27F3N2OS/c27-26(28,29)22-10-12-25(31-14-13-19-6-2-4-8-21(19)17-31)24(16-22)30-33(32)23-11-9-18-5-1-3-7-20(18)15-23/h1,3,5,7,9-12,15-16,19,21,30H,2,4,6,8,13-14,17H2. The molecule has 2 aliphatic rings. The molecule has 3 nitrogen and oxygen atoms in total. The van der Waals surface area contributed by atoms with Crippen molar-refractivity contribution in [1.29, 1.82) is 0 Å². The molecule has 3 aromatic rings. The number of piperidine rings is 1. The Hall–Kier alpha value is -2.54. The zero-order valence-electron chi connectivity index (χ0n) is 18.3. The summed E-state index contributed by atoms with van der Waals surface area (Å²) in [6.07, 6.45) is 1.52. The zero-order valence-corrected chi connectivity index (χ0v) is 19.1. The van der Waals surface area contributed by atoms with Crippen molar-refractivity contribution in [2.45, 2.75) is 43.2 Å². The van der Waals surface area contributed by atoms with Crippen LogP contribution < -0.4 is 9.62 Å². The molecule has 3 aromatic carbocycles. The van der Waals surface area contributed by atoms with Gasteiger partial charge in [-0.3, -0.25) is 4.72 Å². The lowest BCUT2D eigenvalue weighted by Crippen LogP contribution is -2.42. The molecule has 7 heteroatoms. The predicted molar refractivity (Wildman–Crippen MR) is 128 cm³/mol. The van der Waals surface area contributed by atoms with Gasteiger partial charge in [-0.15, -0.1) is 0 Å². The third kappa shape index (κ3) is 4.74. The van der Waals surface area contributed by atoms with Crippen LogP contribution >= 0.6 is 0 Å². The summed E-state index contributed by atoms with van der Waals surface area (Å²) in [5.41, 5.74) is 0.226. The number of nitrogens with one attached hydrogen (secondary N) is 1. The van der Waals surface area contributed by atoms with E-state index in [-0.39, 0.29) is 5.69 Å². The largest absolute Gasteiger partial charge is 0.416 e. The Morgan fingerprint density at radius 1 is 0.879 bits per heavy atom. The van der Waals surface area contributed by atoms with Gasteiger partial charge in [-0.1, -0.05) is 49.6 Å². The smallest absolute Gasteiger partial charge is 0.370 e. The lowest BCUT2D eigenvalue weighted by Gasteiger charge is -2.42. The van der Waals surface area contributed by atoms with Crippen LogP contribution in [0.1, 0.15) is 37.7 Å². The number of hydrogen-bond acceptors (Lipinski definition) is 2. The minimum Gasteiger partial charge on any atom is -0.370 e. The number of nitrogens with zero attached hydrogens (tertiary/aromatic N) is 1. The van der Waals surface area contributed by atoms with Gasteiger partial charge in [-0.25, -0.2) is 4.21 Å². The lowest BCUT2D eigenvalue weighted by molar-refractivity contribution is -0.137. The maximum Gasteiger partial charge on any atom is 0.416 e. The van der Waals surface area contributed by atoms with Crippen LogP contribution in [-0.2, 0) is 17.2 Å². The Balaban J connectivity index is 1.45. The van der Waals surface area contributed by atoms with E-state index in [1.165, 1.54) is 31.7 Å². The number of hydrogen-bond donors (Lipinski definition) is 1. The lowest BCUT2D eigenvalue weighted by atomic mass is 9.75. The Morgan fingerprint density at radius 3 is 2.42 bits per heavy atom. The first-order valence-corrected chi connectivity index (χ1v) is 12.7. The molecule has 1 aliphatic heterocycles. The first-order valence-electron chi connectivity index (χ1n) is 11.5. The second-order valence-electron chi connectivity index (χ2n) is 9.15. The van der Waals surface area contributed by atoms with Crippen LogP contribution in [0.15, 0.2) is 65.6 Å². The first-order chi connectivity index (χ1) is 15.9. The van der Waals surface area contributed by atoms with E-state index >= 15 is 0 Å². The topological polar surface area (TPSA) is 32.3 Å². The van der Waals surface area contributed by atoms with Crippen molar-refractivity contribution in [2.75, 3.05) is 22.7 Å². The van der Waals surface area contributed by atoms with Gasteiger partial charge in [0.05, 0.1) is 21.8 Å². The van der Waals surface area contributed by atoms with E-state index in [4.69, 9.17) is 0 Å². The molecule has 3 unspecified atom stereocenters. The average molecular weight is 473 g/mol. The van der Waals surface area contributed by atoms with Crippen LogP contribution in [0.3, 0.4) is 0 Å². The molecule has 1 saturated heterocycles. The fourth-order valence-corrected chi connectivity index (χ4v) is 6.24. The van der Waals surface area contributed by atoms with Crippen molar-refractivity contribution in [3.05, 3.63) is 66.2 Å². The molecule has 174 valence electrons. The summed E-state index contributed by atoms with van der Waals surface area (Å²) in [6.45, 7) is 1.65. The molecule has 2 fully saturated rings. The summed E-state index contributed by atoms with van der Waals surface area (Å²) in [5.74, 6) is 1.29. The third-order valence-corrected chi connectivity index (χ3v) is 8.18. The molecule has 1 heterocycles. The predicted octanol–water partition coefficient (Wildman–Crippen LogP) is 7.01. The van der Waals surface area contributed by atoms with E-state index in [9.17, 15) is 17.4 Å². The van der Waals surface area contributed by atoms with Gasteiger partial charge in [0.2, 0.25) is 0 Å². The molecule has 0 amide bonds. The van der Waals surface area contributed by atoms with Gasteiger partial charge in [0, 0.05) is 13.1 Å². The van der Waals surface area contributed by atoms with Crippen LogP contribution in [0.2, 0.25) is 0 Å². The molecular formula is C26H27F3N2OS. The number of benzene rings is 3. The van der Waals surface area contributed by atoms with Crippen molar-refractivity contribution in [3.8, 4) is 0 Å². The summed E-state index contributed by atoms with van der Waals surface area (Å²) >= 11 is 0.